The van der Waals surface area contributed by atoms with Gasteiger partial charge in [-0.3, -0.25) is 0 Å². The van der Waals surface area contributed by atoms with Gasteiger partial charge in [0.15, 0.2) is 5.69 Å². The highest BCUT2D eigenvalue weighted by atomic mass is 35.5. The number of ether oxygens (including phenoxy) is 1. The summed E-state index contributed by atoms with van der Waals surface area (Å²) in [6.07, 6.45) is 3.07. The van der Waals surface area contributed by atoms with E-state index in [1.54, 1.807) is 23.6 Å². The van der Waals surface area contributed by atoms with Crippen LogP contribution in [0.1, 0.15) is 17.4 Å². The number of halogens is 2. The molecule has 0 atom stereocenters. The normalized spacial score (nSPS) is 10.9. The number of hydrogen-bond acceptors (Lipinski definition) is 4. The van der Waals surface area contributed by atoms with Crippen LogP contribution < -0.4 is 0 Å². The smallest absolute Gasteiger partial charge is 0.358 e. The first-order valence-corrected chi connectivity index (χ1v) is 7.21. The van der Waals surface area contributed by atoms with Crippen molar-refractivity contribution in [2.75, 3.05) is 6.61 Å². The summed E-state index contributed by atoms with van der Waals surface area (Å²) in [5, 5.41) is 10.4. The molecule has 3 rings (SSSR count). The van der Waals surface area contributed by atoms with Crippen LogP contribution in [0.2, 0.25) is 5.02 Å². The minimum absolute atomic E-state index is 0.122. The Morgan fingerprint density at radius 2 is 2.13 bits per heavy atom. The molecule has 0 spiro atoms. The Labute approximate surface area is 135 Å². The van der Waals surface area contributed by atoms with E-state index in [0.29, 0.717) is 21.8 Å². The number of phenols is 1. The van der Waals surface area contributed by atoms with Crippen LogP contribution >= 0.6 is 11.6 Å². The summed E-state index contributed by atoms with van der Waals surface area (Å²) in [6, 6.07) is 5.24. The lowest BCUT2D eigenvalue weighted by atomic mass is 10.1. The van der Waals surface area contributed by atoms with Crippen LogP contribution in [0, 0.1) is 5.82 Å². The van der Waals surface area contributed by atoms with E-state index in [1.165, 1.54) is 18.3 Å². The molecule has 0 aliphatic rings. The molecule has 0 amide bonds. The van der Waals surface area contributed by atoms with Crippen LogP contribution in [0.3, 0.4) is 0 Å². The molecule has 1 aromatic carbocycles. The number of hydrogen-bond donors (Lipinski definition) is 1. The third kappa shape index (κ3) is 2.85. The zero-order valence-corrected chi connectivity index (χ0v) is 12.8. The highest BCUT2D eigenvalue weighted by molar-refractivity contribution is 6.31. The molecule has 0 bridgehead atoms. The third-order valence-corrected chi connectivity index (χ3v) is 3.46. The minimum Gasteiger partial charge on any atom is -0.507 e. The van der Waals surface area contributed by atoms with E-state index in [-0.39, 0.29) is 18.1 Å². The van der Waals surface area contributed by atoms with Gasteiger partial charge in [0.1, 0.15) is 17.2 Å². The monoisotopic (exact) mass is 334 g/mol. The number of esters is 1. The summed E-state index contributed by atoms with van der Waals surface area (Å²) >= 11 is 6.09. The quantitative estimate of drug-likeness (QED) is 0.742. The van der Waals surface area contributed by atoms with E-state index in [4.69, 9.17) is 16.3 Å². The Morgan fingerprint density at radius 1 is 1.35 bits per heavy atom. The number of phenolic OH excluding ortho intramolecular Hbond substituents is 1. The van der Waals surface area contributed by atoms with Crippen LogP contribution in [0.25, 0.3) is 16.8 Å². The van der Waals surface area contributed by atoms with Crippen molar-refractivity contribution in [3.05, 3.63) is 53.2 Å². The lowest BCUT2D eigenvalue weighted by molar-refractivity contribution is 0.0520. The van der Waals surface area contributed by atoms with Gasteiger partial charge < -0.3 is 14.2 Å². The average molecular weight is 335 g/mol. The van der Waals surface area contributed by atoms with Crippen LogP contribution in [-0.4, -0.2) is 27.1 Å². The predicted molar refractivity (Wildman–Crippen MR) is 83.2 cm³/mol. The molecule has 2 aromatic heterocycles. The molecule has 0 unspecified atom stereocenters. The maximum atomic E-state index is 13.2. The number of aromatic nitrogens is 2. The van der Waals surface area contributed by atoms with Gasteiger partial charge in [-0.05, 0) is 25.1 Å². The molecule has 0 saturated carbocycles. The summed E-state index contributed by atoms with van der Waals surface area (Å²) < 4.78 is 19.7. The first-order chi connectivity index (χ1) is 11.0. The summed E-state index contributed by atoms with van der Waals surface area (Å²) in [4.78, 5) is 16.1. The molecule has 3 aromatic rings. The molecule has 7 heteroatoms. The summed E-state index contributed by atoms with van der Waals surface area (Å²) in [5.41, 5.74) is 1.36. The molecule has 0 saturated heterocycles. The fraction of sp³-hybridized carbons (Fsp3) is 0.125. The predicted octanol–water partition coefficient (Wildman–Crippen LogP) is 3.68. The van der Waals surface area contributed by atoms with Crippen molar-refractivity contribution in [3.63, 3.8) is 0 Å². The van der Waals surface area contributed by atoms with Crippen LogP contribution in [0.15, 0.2) is 36.7 Å². The van der Waals surface area contributed by atoms with E-state index in [1.807, 2.05) is 0 Å². The van der Waals surface area contributed by atoms with Crippen molar-refractivity contribution in [2.45, 2.75) is 6.92 Å². The highest BCUT2D eigenvalue weighted by Crippen LogP contribution is 2.34. The molecule has 0 aliphatic carbocycles. The number of carbonyl (C=O) groups excluding carboxylic acids is 1. The van der Waals surface area contributed by atoms with E-state index >= 15 is 0 Å². The number of benzene rings is 1. The molecule has 0 fully saturated rings. The minimum atomic E-state index is -0.556. The first kappa shape index (κ1) is 15.3. The lowest BCUT2D eigenvalue weighted by Crippen LogP contribution is -2.04. The lowest BCUT2D eigenvalue weighted by Gasteiger charge is -2.07. The number of fused-ring (bicyclic) bond motifs is 1. The summed E-state index contributed by atoms with van der Waals surface area (Å²) in [6.45, 7) is 1.94. The van der Waals surface area contributed by atoms with Gasteiger partial charge in [0.25, 0.3) is 0 Å². The second kappa shape index (κ2) is 5.89. The molecule has 1 N–H and O–H groups in total. The maximum Gasteiger partial charge on any atom is 0.358 e. The fourth-order valence-corrected chi connectivity index (χ4v) is 2.51. The standard InChI is InChI=1S/C16H12ClFN2O3/c1-2-23-16(22)13-8-20-7-9(17)5-12(15(20)19-13)11-4-3-10(18)6-14(11)21/h3-8,21H,2H2,1H3. The molecular formula is C16H12ClFN2O3. The molecule has 118 valence electrons. The molecule has 2 heterocycles. The van der Waals surface area contributed by atoms with Crippen molar-refractivity contribution in [1.29, 1.82) is 0 Å². The van der Waals surface area contributed by atoms with Gasteiger partial charge in [0, 0.05) is 29.6 Å². The van der Waals surface area contributed by atoms with Crippen molar-refractivity contribution in [2.24, 2.45) is 0 Å². The Kier molecular flexibility index (Phi) is 3.92. The Morgan fingerprint density at radius 3 is 2.83 bits per heavy atom. The molecule has 23 heavy (non-hydrogen) atoms. The van der Waals surface area contributed by atoms with Crippen molar-refractivity contribution in [1.82, 2.24) is 9.38 Å². The van der Waals surface area contributed by atoms with Crippen LogP contribution in [0.5, 0.6) is 5.75 Å². The van der Waals surface area contributed by atoms with E-state index < -0.39 is 11.8 Å². The van der Waals surface area contributed by atoms with Gasteiger partial charge in [-0.2, -0.15) is 0 Å². The van der Waals surface area contributed by atoms with E-state index in [9.17, 15) is 14.3 Å². The number of pyridine rings is 1. The molecule has 0 aliphatic heterocycles. The van der Waals surface area contributed by atoms with Crippen molar-refractivity contribution >= 4 is 23.2 Å². The molecule has 0 radical (unpaired) electrons. The Bertz CT molecular complexity index is 908. The van der Waals surface area contributed by atoms with E-state index in [2.05, 4.69) is 4.98 Å². The second-order valence-corrected chi connectivity index (χ2v) is 5.25. The van der Waals surface area contributed by atoms with Gasteiger partial charge in [-0.15, -0.1) is 0 Å². The van der Waals surface area contributed by atoms with Gasteiger partial charge >= 0.3 is 5.97 Å². The van der Waals surface area contributed by atoms with Crippen LogP contribution in [-0.2, 0) is 4.74 Å². The topological polar surface area (TPSA) is 63.8 Å². The van der Waals surface area contributed by atoms with E-state index in [0.717, 1.165) is 6.07 Å². The largest absolute Gasteiger partial charge is 0.507 e. The Hall–Kier alpha value is -2.60. The maximum absolute atomic E-state index is 13.2. The fourth-order valence-electron chi connectivity index (χ4n) is 2.30. The highest BCUT2D eigenvalue weighted by Gasteiger charge is 2.17. The van der Waals surface area contributed by atoms with Gasteiger partial charge in [0.05, 0.1) is 11.6 Å². The molecule has 5 nitrogen and oxygen atoms in total. The van der Waals surface area contributed by atoms with Crippen molar-refractivity contribution < 1.29 is 19.0 Å². The van der Waals surface area contributed by atoms with Gasteiger partial charge in [-0.1, -0.05) is 11.6 Å². The number of rotatable bonds is 3. The van der Waals surface area contributed by atoms with Gasteiger partial charge in [0.2, 0.25) is 0 Å². The average Bonchev–Trinajstić information content (AvgIpc) is 2.91. The van der Waals surface area contributed by atoms with Crippen LogP contribution in [0.4, 0.5) is 4.39 Å². The summed E-state index contributed by atoms with van der Waals surface area (Å²) in [7, 11) is 0. The number of imidazole rings is 1. The number of aromatic hydroxyl groups is 1. The Balaban J connectivity index is 2.22. The SMILES string of the molecule is CCOC(=O)c1cn2cc(Cl)cc(-c3ccc(F)cc3O)c2n1. The van der Waals surface area contributed by atoms with Crippen molar-refractivity contribution in [3.8, 4) is 16.9 Å². The third-order valence-electron chi connectivity index (χ3n) is 3.25. The number of carbonyl (C=O) groups is 1. The second-order valence-electron chi connectivity index (χ2n) is 4.81. The van der Waals surface area contributed by atoms with Gasteiger partial charge in [-0.25, -0.2) is 14.2 Å². The zero-order chi connectivity index (χ0) is 16.6. The molecular weight excluding hydrogens is 323 g/mol. The zero-order valence-electron chi connectivity index (χ0n) is 12.1. The number of nitrogens with zero attached hydrogens (tertiary/aromatic N) is 2. The summed E-state index contributed by atoms with van der Waals surface area (Å²) in [5.74, 6) is -1.35. The first-order valence-electron chi connectivity index (χ1n) is 6.84.